The average molecular weight is 396 g/mol. The number of carbonyl (C=O) groups excluding carboxylic acids is 1. The SMILES string of the molecule is O=C1COC(CN2CCN(c3ccc4ncnc(N5CCCC5)c4c3)CC2)CN1. The van der Waals surface area contributed by atoms with E-state index in [0.29, 0.717) is 6.54 Å². The quantitative estimate of drug-likeness (QED) is 0.822. The number of nitrogens with one attached hydrogen (secondary N) is 1. The molecule has 8 heteroatoms. The summed E-state index contributed by atoms with van der Waals surface area (Å²) in [5.74, 6) is 1.06. The lowest BCUT2D eigenvalue weighted by Gasteiger charge is -2.38. The average Bonchev–Trinajstić information content (AvgIpc) is 3.30. The van der Waals surface area contributed by atoms with Crippen LogP contribution in [0.15, 0.2) is 24.5 Å². The fourth-order valence-corrected chi connectivity index (χ4v) is 4.53. The van der Waals surface area contributed by atoms with Crippen molar-refractivity contribution in [3.8, 4) is 0 Å². The van der Waals surface area contributed by atoms with Crippen LogP contribution in [-0.4, -0.2) is 85.8 Å². The van der Waals surface area contributed by atoms with Gasteiger partial charge in [-0.25, -0.2) is 9.97 Å². The molecule has 3 fully saturated rings. The largest absolute Gasteiger partial charge is 0.369 e. The van der Waals surface area contributed by atoms with E-state index in [9.17, 15) is 4.79 Å². The van der Waals surface area contributed by atoms with E-state index >= 15 is 0 Å². The second-order valence-corrected chi connectivity index (χ2v) is 8.12. The van der Waals surface area contributed by atoms with Crippen molar-refractivity contribution in [2.45, 2.75) is 18.9 Å². The van der Waals surface area contributed by atoms with Gasteiger partial charge in [-0.2, -0.15) is 0 Å². The molecule has 29 heavy (non-hydrogen) atoms. The predicted molar refractivity (Wildman–Crippen MR) is 112 cm³/mol. The van der Waals surface area contributed by atoms with Gasteiger partial charge >= 0.3 is 0 Å². The zero-order chi connectivity index (χ0) is 19.6. The van der Waals surface area contributed by atoms with Crippen LogP contribution in [0.5, 0.6) is 0 Å². The summed E-state index contributed by atoms with van der Waals surface area (Å²) in [6.07, 6.45) is 4.26. The summed E-state index contributed by atoms with van der Waals surface area (Å²) in [5, 5.41) is 4.04. The summed E-state index contributed by atoms with van der Waals surface area (Å²) < 4.78 is 5.63. The highest BCUT2D eigenvalue weighted by molar-refractivity contribution is 5.92. The summed E-state index contributed by atoms with van der Waals surface area (Å²) in [6.45, 7) is 7.79. The first-order valence-electron chi connectivity index (χ1n) is 10.6. The number of anilines is 2. The monoisotopic (exact) mass is 396 g/mol. The molecule has 0 radical (unpaired) electrons. The molecule has 0 bridgehead atoms. The lowest BCUT2D eigenvalue weighted by molar-refractivity contribution is -0.133. The number of morpholine rings is 1. The van der Waals surface area contributed by atoms with Gasteiger partial charge in [-0.15, -0.1) is 0 Å². The molecule has 1 unspecified atom stereocenters. The van der Waals surface area contributed by atoms with Crippen molar-refractivity contribution in [3.63, 3.8) is 0 Å². The minimum atomic E-state index is -0.0142. The van der Waals surface area contributed by atoms with Crippen molar-refractivity contribution in [1.29, 1.82) is 0 Å². The molecule has 3 aliphatic heterocycles. The van der Waals surface area contributed by atoms with Crippen molar-refractivity contribution in [1.82, 2.24) is 20.2 Å². The maximum atomic E-state index is 11.2. The second-order valence-electron chi connectivity index (χ2n) is 8.12. The predicted octanol–water partition coefficient (Wildman–Crippen LogP) is 0.867. The van der Waals surface area contributed by atoms with Crippen LogP contribution in [0.4, 0.5) is 11.5 Å². The normalized spacial score (nSPS) is 23.6. The Labute approximate surface area is 170 Å². The van der Waals surface area contributed by atoms with Crippen LogP contribution in [-0.2, 0) is 9.53 Å². The molecule has 3 aliphatic rings. The Balaban J connectivity index is 1.26. The number of fused-ring (bicyclic) bond motifs is 1. The van der Waals surface area contributed by atoms with Gasteiger partial charge in [-0.3, -0.25) is 9.69 Å². The highest BCUT2D eigenvalue weighted by Gasteiger charge is 2.24. The third kappa shape index (κ3) is 4.00. The van der Waals surface area contributed by atoms with E-state index in [1.807, 2.05) is 0 Å². The highest BCUT2D eigenvalue weighted by Crippen LogP contribution is 2.30. The molecule has 1 atom stereocenters. The number of rotatable bonds is 4. The lowest BCUT2D eigenvalue weighted by atomic mass is 10.1. The molecule has 8 nitrogen and oxygen atoms in total. The minimum Gasteiger partial charge on any atom is -0.369 e. The molecule has 154 valence electrons. The van der Waals surface area contributed by atoms with Crippen molar-refractivity contribution < 1.29 is 9.53 Å². The first-order chi connectivity index (χ1) is 14.3. The van der Waals surface area contributed by atoms with Crippen molar-refractivity contribution >= 4 is 28.3 Å². The van der Waals surface area contributed by atoms with Gasteiger partial charge in [0.1, 0.15) is 18.8 Å². The maximum Gasteiger partial charge on any atom is 0.246 e. The highest BCUT2D eigenvalue weighted by atomic mass is 16.5. The molecular formula is C21H28N6O2. The number of ether oxygens (including phenoxy) is 1. The Hall–Kier alpha value is -2.45. The number of carbonyl (C=O) groups is 1. The molecule has 1 aromatic heterocycles. The third-order valence-corrected chi connectivity index (χ3v) is 6.18. The smallest absolute Gasteiger partial charge is 0.246 e. The van der Waals surface area contributed by atoms with Gasteiger partial charge in [0.05, 0.1) is 11.6 Å². The van der Waals surface area contributed by atoms with Crippen LogP contribution in [0.1, 0.15) is 12.8 Å². The molecular weight excluding hydrogens is 368 g/mol. The van der Waals surface area contributed by atoms with E-state index in [2.05, 4.69) is 48.2 Å². The second kappa shape index (κ2) is 8.12. The molecule has 1 N–H and O–H groups in total. The molecule has 5 rings (SSSR count). The summed E-state index contributed by atoms with van der Waals surface area (Å²) in [4.78, 5) is 27.6. The maximum absolute atomic E-state index is 11.2. The van der Waals surface area contributed by atoms with E-state index in [0.717, 1.165) is 62.5 Å². The molecule has 0 spiro atoms. The molecule has 2 aromatic rings. The fraction of sp³-hybridized carbons (Fsp3) is 0.571. The van der Waals surface area contributed by atoms with Crippen molar-refractivity contribution in [2.24, 2.45) is 0 Å². The van der Waals surface area contributed by atoms with E-state index in [1.54, 1.807) is 6.33 Å². The summed E-state index contributed by atoms with van der Waals surface area (Å²) in [6, 6.07) is 6.56. The summed E-state index contributed by atoms with van der Waals surface area (Å²) in [5.41, 5.74) is 2.26. The zero-order valence-corrected chi connectivity index (χ0v) is 16.7. The zero-order valence-electron chi connectivity index (χ0n) is 16.7. The number of piperazine rings is 1. The number of hydrogen-bond acceptors (Lipinski definition) is 7. The molecule has 0 saturated carbocycles. The van der Waals surface area contributed by atoms with E-state index in [1.165, 1.54) is 18.5 Å². The fourth-order valence-electron chi connectivity index (χ4n) is 4.53. The van der Waals surface area contributed by atoms with Gasteiger partial charge in [0, 0.05) is 63.4 Å². The van der Waals surface area contributed by atoms with Crippen LogP contribution < -0.4 is 15.1 Å². The van der Waals surface area contributed by atoms with Gasteiger partial charge < -0.3 is 19.9 Å². The Kier molecular flexibility index (Phi) is 5.20. The molecule has 3 saturated heterocycles. The van der Waals surface area contributed by atoms with Gasteiger partial charge in [0.25, 0.3) is 0 Å². The Morgan fingerprint density at radius 2 is 1.86 bits per heavy atom. The first kappa shape index (κ1) is 18.6. The molecule has 4 heterocycles. The van der Waals surface area contributed by atoms with Gasteiger partial charge in [-0.1, -0.05) is 0 Å². The number of aromatic nitrogens is 2. The Morgan fingerprint density at radius 3 is 2.62 bits per heavy atom. The van der Waals surface area contributed by atoms with E-state index in [-0.39, 0.29) is 18.6 Å². The number of amides is 1. The van der Waals surface area contributed by atoms with Gasteiger partial charge in [0.15, 0.2) is 0 Å². The van der Waals surface area contributed by atoms with Gasteiger partial charge in [0.2, 0.25) is 5.91 Å². The molecule has 1 aromatic carbocycles. The molecule has 0 aliphatic carbocycles. The van der Waals surface area contributed by atoms with Crippen LogP contribution in [0.3, 0.4) is 0 Å². The number of hydrogen-bond donors (Lipinski definition) is 1. The standard InChI is InChI=1S/C21H28N6O2/c28-20-14-29-17(12-22-20)13-25-7-9-26(10-8-25)16-3-4-19-18(11-16)21(24-15-23-19)27-5-1-2-6-27/h3-4,11,15,17H,1-2,5-10,12-14H2,(H,22,28). The van der Waals surface area contributed by atoms with Crippen LogP contribution >= 0.6 is 0 Å². The minimum absolute atomic E-state index is 0.0142. The van der Waals surface area contributed by atoms with E-state index in [4.69, 9.17) is 4.74 Å². The summed E-state index contributed by atoms with van der Waals surface area (Å²) in [7, 11) is 0. The molecule has 1 amide bonds. The number of benzene rings is 1. The van der Waals surface area contributed by atoms with Crippen molar-refractivity contribution in [2.75, 3.05) is 68.8 Å². The van der Waals surface area contributed by atoms with Crippen molar-refractivity contribution in [3.05, 3.63) is 24.5 Å². The van der Waals surface area contributed by atoms with Crippen LogP contribution in [0.25, 0.3) is 10.9 Å². The van der Waals surface area contributed by atoms with E-state index < -0.39 is 0 Å². The first-order valence-corrected chi connectivity index (χ1v) is 10.6. The van der Waals surface area contributed by atoms with Crippen LogP contribution in [0, 0.1) is 0 Å². The lowest BCUT2D eigenvalue weighted by Crippen LogP contribution is -2.52. The van der Waals surface area contributed by atoms with Crippen LogP contribution in [0.2, 0.25) is 0 Å². The third-order valence-electron chi connectivity index (χ3n) is 6.18. The Bertz CT molecular complexity index is 867. The topological polar surface area (TPSA) is 73.8 Å². The number of nitrogens with zero attached hydrogens (tertiary/aromatic N) is 5. The van der Waals surface area contributed by atoms with Gasteiger partial charge in [-0.05, 0) is 31.0 Å². The summed E-state index contributed by atoms with van der Waals surface area (Å²) >= 11 is 0. The Morgan fingerprint density at radius 1 is 1.03 bits per heavy atom.